The van der Waals surface area contributed by atoms with Gasteiger partial charge in [0, 0.05) is 22.4 Å². The number of pyridine rings is 1. The molecule has 1 saturated carbocycles. The highest BCUT2D eigenvalue weighted by Gasteiger charge is 2.23. The average molecular weight is 504 g/mol. The van der Waals surface area contributed by atoms with Crippen molar-refractivity contribution in [3.8, 4) is 28.6 Å². The molecule has 0 saturated heterocycles. The van der Waals surface area contributed by atoms with Gasteiger partial charge in [-0.05, 0) is 67.4 Å². The number of para-hydroxylation sites is 1. The van der Waals surface area contributed by atoms with Gasteiger partial charge in [0.15, 0.2) is 17.1 Å². The lowest BCUT2D eigenvalue weighted by Gasteiger charge is -2.25. The molecule has 7 nitrogen and oxygen atoms in total. The summed E-state index contributed by atoms with van der Waals surface area (Å²) in [6, 6.07) is 22.8. The molecule has 3 heterocycles. The second-order valence-corrected chi connectivity index (χ2v) is 10.0. The van der Waals surface area contributed by atoms with E-state index in [4.69, 9.17) is 14.4 Å². The van der Waals surface area contributed by atoms with Gasteiger partial charge < -0.3 is 19.2 Å². The van der Waals surface area contributed by atoms with Crippen LogP contribution in [0, 0.1) is 0 Å². The molecule has 7 heteroatoms. The monoisotopic (exact) mass is 503 g/mol. The number of furan rings is 1. The molecule has 0 aliphatic heterocycles. The third-order valence-corrected chi connectivity index (χ3v) is 7.60. The van der Waals surface area contributed by atoms with E-state index in [0.29, 0.717) is 28.6 Å². The van der Waals surface area contributed by atoms with Crippen molar-refractivity contribution in [2.24, 2.45) is 0 Å². The molecule has 2 N–H and O–H groups in total. The van der Waals surface area contributed by atoms with Crippen LogP contribution in [0.3, 0.4) is 0 Å². The van der Waals surface area contributed by atoms with Gasteiger partial charge in [0.05, 0.1) is 22.1 Å². The van der Waals surface area contributed by atoms with E-state index in [-0.39, 0.29) is 11.3 Å². The number of aromatic hydroxyl groups is 1. The van der Waals surface area contributed by atoms with Crippen molar-refractivity contribution in [2.45, 2.75) is 38.1 Å². The number of carboxylic acid groups (broad SMARTS) is 1. The molecule has 0 atom stereocenters. The first-order valence-electron chi connectivity index (χ1n) is 12.9. The Hall–Kier alpha value is -4.65. The maximum Gasteiger partial charge on any atom is 0.335 e. The number of aromatic nitrogens is 3. The highest BCUT2D eigenvalue weighted by atomic mass is 16.4. The van der Waals surface area contributed by atoms with Crippen molar-refractivity contribution in [2.75, 3.05) is 0 Å². The topological polar surface area (TPSA) is 101 Å². The van der Waals surface area contributed by atoms with Crippen LogP contribution in [0.1, 0.15) is 48.5 Å². The Bertz CT molecular complexity index is 1860. The van der Waals surface area contributed by atoms with Gasteiger partial charge in [-0.1, -0.05) is 37.5 Å². The van der Waals surface area contributed by atoms with E-state index in [1.807, 2.05) is 42.5 Å². The predicted octanol–water partition coefficient (Wildman–Crippen LogP) is 7.57. The standard InChI is InChI=1S/C31H25N3O4/c35-27-8-4-5-19-17-28(38-29(19)27)24-13-9-18-15-20(10-12-23(18)32-24)30-33-25-16-21(31(36)37)11-14-26(25)34(30)22-6-2-1-3-7-22/h4-5,8-17,22,35H,1-3,6-7H2,(H,36,37). The number of nitrogens with zero attached hydrogens (tertiary/aromatic N) is 3. The number of hydrogen-bond donors (Lipinski definition) is 2. The Balaban J connectivity index is 1.33. The summed E-state index contributed by atoms with van der Waals surface area (Å²) in [5.41, 5.74) is 4.85. The number of benzene rings is 3. The molecule has 0 amide bonds. The SMILES string of the molecule is O=C(O)c1ccc2c(c1)nc(-c1ccc3nc(-c4cc5cccc(O)c5o4)ccc3c1)n2C1CCCCC1. The third kappa shape index (κ3) is 3.70. The fraction of sp³-hybridized carbons (Fsp3) is 0.194. The number of hydrogen-bond acceptors (Lipinski definition) is 5. The van der Waals surface area contributed by atoms with Gasteiger partial charge >= 0.3 is 5.97 Å². The minimum absolute atomic E-state index is 0.107. The maximum atomic E-state index is 11.6. The van der Waals surface area contributed by atoms with Crippen molar-refractivity contribution in [1.29, 1.82) is 0 Å². The first-order valence-corrected chi connectivity index (χ1v) is 12.9. The van der Waals surface area contributed by atoms with Gasteiger partial charge in [-0.25, -0.2) is 14.8 Å². The Morgan fingerprint density at radius 1 is 0.868 bits per heavy atom. The number of phenols is 1. The maximum absolute atomic E-state index is 11.6. The lowest BCUT2D eigenvalue weighted by molar-refractivity contribution is 0.0697. The number of carbonyl (C=O) groups is 1. The molecule has 188 valence electrons. The Labute approximate surface area is 218 Å². The van der Waals surface area contributed by atoms with Gasteiger partial charge in [-0.15, -0.1) is 0 Å². The Kier molecular flexibility index (Phi) is 5.18. The molecular formula is C31H25N3O4. The molecule has 0 radical (unpaired) electrons. The van der Waals surface area contributed by atoms with E-state index in [0.717, 1.165) is 46.0 Å². The zero-order chi connectivity index (χ0) is 25.8. The minimum atomic E-state index is -0.951. The molecule has 7 rings (SSSR count). The Morgan fingerprint density at radius 3 is 2.55 bits per heavy atom. The quantitative estimate of drug-likeness (QED) is 0.257. The number of carboxylic acids is 1. The van der Waals surface area contributed by atoms with E-state index < -0.39 is 5.97 Å². The third-order valence-electron chi connectivity index (χ3n) is 7.60. The molecule has 1 aliphatic carbocycles. The fourth-order valence-corrected chi connectivity index (χ4v) is 5.72. The van der Waals surface area contributed by atoms with E-state index in [9.17, 15) is 15.0 Å². The summed E-state index contributed by atoms with van der Waals surface area (Å²) in [6.07, 6.45) is 5.79. The normalized spacial score (nSPS) is 14.5. The summed E-state index contributed by atoms with van der Waals surface area (Å²) in [6.45, 7) is 0. The second kappa shape index (κ2) is 8.73. The van der Waals surface area contributed by atoms with Crippen LogP contribution in [0.2, 0.25) is 0 Å². The molecule has 1 fully saturated rings. The summed E-state index contributed by atoms with van der Waals surface area (Å²) in [4.78, 5) is 21.4. The van der Waals surface area contributed by atoms with E-state index in [1.54, 1.807) is 24.3 Å². The van der Waals surface area contributed by atoms with Crippen LogP contribution in [0.25, 0.3) is 55.7 Å². The van der Waals surface area contributed by atoms with Gasteiger partial charge in [-0.2, -0.15) is 0 Å². The van der Waals surface area contributed by atoms with Crippen LogP contribution in [-0.4, -0.2) is 30.7 Å². The summed E-state index contributed by atoms with van der Waals surface area (Å²) < 4.78 is 8.21. The molecule has 0 bridgehead atoms. The van der Waals surface area contributed by atoms with Gasteiger partial charge in [-0.3, -0.25) is 0 Å². The smallest absolute Gasteiger partial charge is 0.335 e. The lowest BCUT2D eigenvalue weighted by Crippen LogP contribution is -2.14. The first-order chi connectivity index (χ1) is 18.5. The predicted molar refractivity (Wildman–Crippen MR) is 146 cm³/mol. The van der Waals surface area contributed by atoms with Gasteiger partial charge in [0.1, 0.15) is 11.5 Å². The van der Waals surface area contributed by atoms with Crippen LogP contribution in [-0.2, 0) is 0 Å². The molecule has 3 aromatic carbocycles. The second-order valence-electron chi connectivity index (χ2n) is 10.0. The van der Waals surface area contributed by atoms with Gasteiger partial charge in [0.25, 0.3) is 0 Å². The summed E-state index contributed by atoms with van der Waals surface area (Å²) in [5, 5.41) is 21.4. The van der Waals surface area contributed by atoms with Crippen molar-refractivity contribution in [3.05, 3.63) is 78.4 Å². The Morgan fingerprint density at radius 2 is 1.74 bits per heavy atom. The van der Waals surface area contributed by atoms with E-state index in [2.05, 4.69) is 10.6 Å². The van der Waals surface area contributed by atoms with Crippen LogP contribution in [0.15, 0.2) is 77.2 Å². The van der Waals surface area contributed by atoms with E-state index in [1.165, 1.54) is 19.3 Å². The number of phenolic OH excluding ortho intramolecular Hbond substituents is 1. The zero-order valence-corrected chi connectivity index (χ0v) is 20.6. The summed E-state index contributed by atoms with van der Waals surface area (Å²) in [5.74, 6) is 0.609. The molecule has 1 aliphatic rings. The van der Waals surface area contributed by atoms with Crippen LogP contribution in [0.5, 0.6) is 5.75 Å². The summed E-state index contributed by atoms with van der Waals surface area (Å²) >= 11 is 0. The highest BCUT2D eigenvalue weighted by molar-refractivity contribution is 5.94. The molecule has 38 heavy (non-hydrogen) atoms. The van der Waals surface area contributed by atoms with Crippen molar-refractivity contribution in [1.82, 2.24) is 14.5 Å². The fourth-order valence-electron chi connectivity index (χ4n) is 5.72. The first kappa shape index (κ1) is 22.5. The zero-order valence-electron chi connectivity index (χ0n) is 20.6. The van der Waals surface area contributed by atoms with Crippen molar-refractivity contribution >= 4 is 38.9 Å². The van der Waals surface area contributed by atoms with Crippen molar-refractivity contribution in [3.63, 3.8) is 0 Å². The van der Waals surface area contributed by atoms with Crippen LogP contribution in [0.4, 0.5) is 0 Å². The molecule has 6 aromatic rings. The summed E-state index contributed by atoms with van der Waals surface area (Å²) in [7, 11) is 0. The molecule has 0 spiro atoms. The number of imidazole rings is 1. The number of aromatic carboxylic acids is 1. The largest absolute Gasteiger partial charge is 0.504 e. The lowest BCUT2D eigenvalue weighted by atomic mass is 9.94. The molecule has 3 aromatic heterocycles. The number of fused-ring (bicyclic) bond motifs is 3. The average Bonchev–Trinajstić information content (AvgIpc) is 3.55. The van der Waals surface area contributed by atoms with E-state index >= 15 is 0 Å². The van der Waals surface area contributed by atoms with Gasteiger partial charge in [0.2, 0.25) is 0 Å². The molecule has 0 unspecified atom stereocenters. The van der Waals surface area contributed by atoms with Crippen LogP contribution >= 0.6 is 0 Å². The highest BCUT2D eigenvalue weighted by Crippen LogP contribution is 2.37. The minimum Gasteiger partial charge on any atom is -0.504 e. The number of rotatable bonds is 4. The van der Waals surface area contributed by atoms with Crippen molar-refractivity contribution < 1.29 is 19.4 Å². The van der Waals surface area contributed by atoms with Crippen LogP contribution < -0.4 is 0 Å². The molecular weight excluding hydrogens is 478 g/mol.